The number of hydrogen-bond acceptors (Lipinski definition) is 4. The second-order valence-corrected chi connectivity index (χ2v) is 6.84. The summed E-state index contributed by atoms with van der Waals surface area (Å²) in [6, 6.07) is 12.3. The molecule has 3 N–H and O–H groups in total. The number of pyridine rings is 1. The quantitative estimate of drug-likeness (QED) is 0.716. The van der Waals surface area contributed by atoms with Crippen molar-refractivity contribution >= 4 is 16.9 Å². The van der Waals surface area contributed by atoms with Crippen molar-refractivity contribution < 1.29 is 4.79 Å². The zero-order chi connectivity index (χ0) is 17.9. The van der Waals surface area contributed by atoms with Crippen molar-refractivity contribution in [1.29, 1.82) is 0 Å². The van der Waals surface area contributed by atoms with Crippen LogP contribution in [0.2, 0.25) is 0 Å². The summed E-state index contributed by atoms with van der Waals surface area (Å²) < 4.78 is 0. The van der Waals surface area contributed by atoms with Crippen molar-refractivity contribution in [3.8, 4) is 0 Å². The summed E-state index contributed by atoms with van der Waals surface area (Å²) in [5.41, 5.74) is 9.83. The Bertz CT molecular complexity index is 886. The van der Waals surface area contributed by atoms with Gasteiger partial charge in [0.1, 0.15) is 5.82 Å². The molecule has 0 saturated carbocycles. The number of para-hydroxylation sites is 2. The molecule has 6 heteroatoms. The number of aryl methyl sites for hydroxylation is 1. The number of imidazole rings is 1. The number of nitrogens with one attached hydrogen (secondary N) is 1. The van der Waals surface area contributed by atoms with E-state index < -0.39 is 0 Å². The third kappa shape index (κ3) is 3.46. The van der Waals surface area contributed by atoms with E-state index in [1.807, 2.05) is 36.5 Å². The van der Waals surface area contributed by atoms with Gasteiger partial charge in [-0.15, -0.1) is 0 Å². The molecule has 0 bridgehead atoms. The van der Waals surface area contributed by atoms with Crippen LogP contribution in [0.4, 0.5) is 0 Å². The lowest BCUT2D eigenvalue weighted by atomic mass is 9.90. The Hall–Kier alpha value is -2.73. The number of primary amides is 1. The van der Waals surface area contributed by atoms with Gasteiger partial charge in [-0.3, -0.25) is 14.7 Å². The third-order valence-corrected chi connectivity index (χ3v) is 5.04. The number of H-pyrrole nitrogens is 1. The van der Waals surface area contributed by atoms with Crippen molar-refractivity contribution in [2.24, 2.45) is 5.73 Å². The molecule has 0 unspecified atom stereocenters. The molecule has 0 aliphatic heterocycles. The number of carbonyl (C=O) groups is 1. The summed E-state index contributed by atoms with van der Waals surface area (Å²) in [6.07, 6.45) is 5.40. The lowest BCUT2D eigenvalue weighted by molar-refractivity contribution is -0.118. The minimum absolute atomic E-state index is 0.188. The largest absolute Gasteiger partial charge is 0.370 e. The van der Waals surface area contributed by atoms with E-state index in [4.69, 9.17) is 10.7 Å². The van der Waals surface area contributed by atoms with Crippen LogP contribution in [-0.2, 0) is 17.8 Å². The molecule has 1 atom stereocenters. The van der Waals surface area contributed by atoms with E-state index in [0.717, 1.165) is 41.8 Å². The number of amides is 1. The molecular weight excluding hydrogens is 326 g/mol. The topological polar surface area (TPSA) is 87.9 Å². The molecule has 1 aliphatic rings. The third-order valence-electron chi connectivity index (χ3n) is 5.04. The predicted octanol–water partition coefficient (Wildman–Crippen LogP) is 2.71. The van der Waals surface area contributed by atoms with Crippen LogP contribution in [0.15, 0.2) is 42.6 Å². The van der Waals surface area contributed by atoms with Crippen molar-refractivity contribution in [2.45, 2.75) is 38.3 Å². The number of carbonyl (C=O) groups excluding carboxylic acids is 1. The Labute approximate surface area is 152 Å². The fourth-order valence-electron chi connectivity index (χ4n) is 3.81. The van der Waals surface area contributed by atoms with Crippen LogP contribution < -0.4 is 5.73 Å². The van der Waals surface area contributed by atoms with Gasteiger partial charge in [-0.25, -0.2) is 4.98 Å². The lowest BCUT2D eigenvalue weighted by Gasteiger charge is -2.34. The van der Waals surface area contributed by atoms with Gasteiger partial charge >= 0.3 is 0 Å². The maximum Gasteiger partial charge on any atom is 0.218 e. The van der Waals surface area contributed by atoms with E-state index in [1.165, 1.54) is 5.56 Å². The fraction of sp³-hybridized carbons (Fsp3) is 0.350. The summed E-state index contributed by atoms with van der Waals surface area (Å²) in [7, 11) is 0. The maximum absolute atomic E-state index is 11.4. The molecule has 0 radical (unpaired) electrons. The van der Waals surface area contributed by atoms with Crippen molar-refractivity contribution in [3.05, 3.63) is 59.7 Å². The van der Waals surface area contributed by atoms with E-state index in [1.54, 1.807) is 0 Å². The minimum Gasteiger partial charge on any atom is -0.370 e. The van der Waals surface area contributed by atoms with E-state index >= 15 is 0 Å². The molecular formula is C20H23N5O. The van der Waals surface area contributed by atoms with Crippen LogP contribution >= 0.6 is 0 Å². The molecule has 26 heavy (non-hydrogen) atoms. The Morgan fingerprint density at radius 2 is 2.15 bits per heavy atom. The van der Waals surface area contributed by atoms with Gasteiger partial charge < -0.3 is 10.7 Å². The second kappa shape index (κ2) is 7.25. The molecule has 0 fully saturated rings. The highest BCUT2D eigenvalue weighted by Gasteiger charge is 2.28. The number of fused-ring (bicyclic) bond motifs is 2. The molecule has 4 rings (SSSR count). The summed E-state index contributed by atoms with van der Waals surface area (Å²) in [6.45, 7) is 1.25. The van der Waals surface area contributed by atoms with Gasteiger partial charge in [0.2, 0.25) is 5.91 Å². The Kier molecular flexibility index (Phi) is 4.67. The van der Waals surface area contributed by atoms with Gasteiger partial charge in [-0.05, 0) is 43.0 Å². The number of nitrogens with zero attached hydrogens (tertiary/aromatic N) is 3. The Balaban J connectivity index is 1.63. The first-order chi connectivity index (χ1) is 12.7. The summed E-state index contributed by atoms with van der Waals surface area (Å²) >= 11 is 0. The maximum atomic E-state index is 11.4. The summed E-state index contributed by atoms with van der Waals surface area (Å²) in [4.78, 5) is 26.4. The average molecular weight is 349 g/mol. The number of rotatable bonds is 6. The smallest absolute Gasteiger partial charge is 0.218 e. The first-order valence-corrected chi connectivity index (χ1v) is 9.10. The minimum atomic E-state index is -0.281. The molecule has 1 aliphatic carbocycles. The molecule has 2 heterocycles. The van der Waals surface area contributed by atoms with Crippen LogP contribution in [0.1, 0.15) is 42.4 Å². The van der Waals surface area contributed by atoms with E-state index in [2.05, 4.69) is 20.9 Å². The van der Waals surface area contributed by atoms with Gasteiger partial charge in [0, 0.05) is 19.2 Å². The summed E-state index contributed by atoms with van der Waals surface area (Å²) in [5, 5.41) is 0. The Morgan fingerprint density at radius 1 is 1.27 bits per heavy atom. The summed E-state index contributed by atoms with van der Waals surface area (Å²) in [5.74, 6) is 0.621. The van der Waals surface area contributed by atoms with Gasteiger partial charge in [0.15, 0.2) is 0 Å². The van der Waals surface area contributed by atoms with Crippen LogP contribution in [0.25, 0.3) is 11.0 Å². The van der Waals surface area contributed by atoms with Crippen LogP contribution in [-0.4, -0.2) is 32.3 Å². The number of nitrogens with two attached hydrogens (primary N) is 1. The van der Waals surface area contributed by atoms with E-state index in [9.17, 15) is 4.79 Å². The van der Waals surface area contributed by atoms with E-state index in [0.29, 0.717) is 19.5 Å². The number of benzene rings is 1. The molecule has 1 amide bonds. The average Bonchev–Trinajstić information content (AvgIpc) is 3.07. The van der Waals surface area contributed by atoms with Crippen molar-refractivity contribution in [1.82, 2.24) is 19.9 Å². The fourth-order valence-corrected chi connectivity index (χ4v) is 3.81. The van der Waals surface area contributed by atoms with Crippen LogP contribution in [0.3, 0.4) is 0 Å². The monoisotopic (exact) mass is 349 g/mol. The van der Waals surface area contributed by atoms with Gasteiger partial charge in [-0.1, -0.05) is 18.2 Å². The first kappa shape index (κ1) is 16.7. The Morgan fingerprint density at radius 3 is 3.00 bits per heavy atom. The number of hydrogen-bond donors (Lipinski definition) is 2. The molecule has 0 spiro atoms. The number of aromatic amines is 1. The normalized spacial score (nSPS) is 16.7. The van der Waals surface area contributed by atoms with Crippen LogP contribution in [0, 0.1) is 0 Å². The highest BCUT2D eigenvalue weighted by atomic mass is 16.1. The van der Waals surface area contributed by atoms with Crippen molar-refractivity contribution in [2.75, 3.05) is 6.54 Å². The highest BCUT2D eigenvalue weighted by Crippen LogP contribution is 2.33. The van der Waals surface area contributed by atoms with E-state index in [-0.39, 0.29) is 11.9 Å². The van der Waals surface area contributed by atoms with Crippen LogP contribution in [0.5, 0.6) is 0 Å². The SMILES string of the molecule is NC(=O)CCN(Cc1nc2ccccc2[nH]1)[C@H]1CCCc2cccnc21. The molecule has 134 valence electrons. The molecule has 3 aromatic rings. The van der Waals surface area contributed by atoms with Gasteiger partial charge in [0.25, 0.3) is 0 Å². The first-order valence-electron chi connectivity index (χ1n) is 9.10. The van der Waals surface area contributed by atoms with Gasteiger partial charge in [0.05, 0.1) is 29.3 Å². The molecule has 1 aromatic carbocycles. The lowest BCUT2D eigenvalue weighted by Crippen LogP contribution is -2.34. The highest BCUT2D eigenvalue weighted by molar-refractivity contribution is 5.75. The standard InChI is InChI=1S/C20H23N5O/c21-18(26)10-12-25(13-19-23-15-7-1-2-8-16(15)24-19)17-9-3-5-14-6-4-11-22-20(14)17/h1-2,4,6-8,11,17H,3,5,9-10,12-13H2,(H2,21,26)(H,23,24)/t17-/m0/s1. The molecule has 0 saturated heterocycles. The predicted molar refractivity (Wildman–Crippen MR) is 100 cm³/mol. The number of aromatic nitrogens is 3. The zero-order valence-electron chi connectivity index (χ0n) is 14.7. The second-order valence-electron chi connectivity index (χ2n) is 6.84. The zero-order valence-corrected chi connectivity index (χ0v) is 14.7. The molecule has 6 nitrogen and oxygen atoms in total. The van der Waals surface area contributed by atoms with Crippen molar-refractivity contribution in [3.63, 3.8) is 0 Å². The molecule has 2 aromatic heterocycles. The van der Waals surface area contributed by atoms with Gasteiger partial charge in [-0.2, -0.15) is 0 Å².